The second-order valence-corrected chi connectivity index (χ2v) is 6.99. The molecule has 1 aromatic rings. The Morgan fingerprint density at radius 3 is 2.00 bits per heavy atom. The number of aromatic nitrogens is 1. The number of aryl methyl sites for hydroxylation is 2. The van der Waals surface area contributed by atoms with Gasteiger partial charge in [0.1, 0.15) is 6.54 Å². The SMILES string of the molecule is C=CCc1cc(C)c[n+](CCCCCCCCCCCCC)c1. The lowest BCUT2D eigenvalue weighted by molar-refractivity contribution is -0.698. The highest BCUT2D eigenvalue weighted by Gasteiger charge is 2.04. The fourth-order valence-corrected chi connectivity index (χ4v) is 3.24. The smallest absolute Gasteiger partial charge is 0.172 e. The molecule has 0 saturated carbocycles. The molecule has 0 amide bonds. The molecule has 0 N–H and O–H groups in total. The van der Waals surface area contributed by atoms with Crippen molar-refractivity contribution in [2.45, 2.75) is 97.4 Å². The molecular weight excluding hydrogens is 278 g/mol. The zero-order valence-electron chi connectivity index (χ0n) is 15.7. The van der Waals surface area contributed by atoms with E-state index in [9.17, 15) is 0 Å². The van der Waals surface area contributed by atoms with Gasteiger partial charge in [-0.15, -0.1) is 6.58 Å². The van der Waals surface area contributed by atoms with Crippen LogP contribution in [0.15, 0.2) is 31.1 Å². The van der Waals surface area contributed by atoms with E-state index in [1.165, 1.54) is 81.8 Å². The molecule has 1 heteroatoms. The second-order valence-electron chi connectivity index (χ2n) is 6.99. The van der Waals surface area contributed by atoms with Crippen LogP contribution in [0.1, 0.15) is 88.7 Å². The van der Waals surface area contributed by atoms with Gasteiger partial charge in [0.2, 0.25) is 0 Å². The highest BCUT2D eigenvalue weighted by atomic mass is 14.9. The predicted molar refractivity (Wildman–Crippen MR) is 102 cm³/mol. The number of hydrogen-bond donors (Lipinski definition) is 0. The Bertz CT molecular complexity index is 422. The van der Waals surface area contributed by atoms with Crippen LogP contribution >= 0.6 is 0 Å². The number of pyridine rings is 1. The first-order valence-corrected chi connectivity index (χ1v) is 9.86. The van der Waals surface area contributed by atoms with Gasteiger partial charge in [0.15, 0.2) is 12.4 Å². The molecule has 0 spiro atoms. The van der Waals surface area contributed by atoms with E-state index in [0.717, 1.165) is 13.0 Å². The van der Waals surface area contributed by atoms with Crippen LogP contribution in [0.25, 0.3) is 0 Å². The third-order valence-corrected chi connectivity index (χ3v) is 4.51. The summed E-state index contributed by atoms with van der Waals surface area (Å²) in [6.45, 7) is 9.46. The normalized spacial score (nSPS) is 10.9. The van der Waals surface area contributed by atoms with Gasteiger partial charge in [0.05, 0.1) is 0 Å². The van der Waals surface area contributed by atoms with Crippen molar-refractivity contribution in [1.29, 1.82) is 0 Å². The van der Waals surface area contributed by atoms with Gasteiger partial charge in [-0.1, -0.05) is 70.8 Å². The van der Waals surface area contributed by atoms with Crippen molar-refractivity contribution in [3.63, 3.8) is 0 Å². The molecule has 0 fully saturated rings. The molecule has 0 aliphatic carbocycles. The molecule has 0 aromatic carbocycles. The summed E-state index contributed by atoms with van der Waals surface area (Å²) in [6.07, 6.45) is 23.0. The van der Waals surface area contributed by atoms with E-state index in [-0.39, 0.29) is 0 Å². The molecule has 1 heterocycles. The van der Waals surface area contributed by atoms with Gasteiger partial charge in [0, 0.05) is 17.5 Å². The Labute approximate surface area is 144 Å². The quantitative estimate of drug-likeness (QED) is 0.215. The van der Waals surface area contributed by atoms with Crippen molar-refractivity contribution in [1.82, 2.24) is 0 Å². The molecule has 0 bridgehead atoms. The summed E-state index contributed by atoms with van der Waals surface area (Å²) in [4.78, 5) is 0. The molecule has 1 nitrogen and oxygen atoms in total. The molecule has 0 saturated heterocycles. The largest absolute Gasteiger partial charge is 0.205 e. The zero-order chi connectivity index (χ0) is 16.8. The molecule has 0 radical (unpaired) electrons. The third-order valence-electron chi connectivity index (χ3n) is 4.51. The predicted octanol–water partition coefficient (Wildman–Crippen LogP) is 6.32. The van der Waals surface area contributed by atoms with Crippen molar-refractivity contribution in [2.75, 3.05) is 0 Å². The van der Waals surface area contributed by atoms with Gasteiger partial charge >= 0.3 is 0 Å². The summed E-state index contributed by atoms with van der Waals surface area (Å²) < 4.78 is 2.36. The minimum Gasteiger partial charge on any atom is -0.205 e. The first-order chi connectivity index (χ1) is 11.3. The standard InChI is InChI=1S/C22H38N/c1-4-6-7-8-9-10-11-12-13-14-15-17-23-19-21(3)18-22(20-23)16-5-2/h5,18-20H,2,4,6-17H2,1,3H3/q+1. The Morgan fingerprint density at radius 1 is 0.870 bits per heavy atom. The van der Waals surface area contributed by atoms with Crippen LogP contribution in [0.5, 0.6) is 0 Å². The van der Waals surface area contributed by atoms with Gasteiger partial charge in [0.25, 0.3) is 0 Å². The van der Waals surface area contributed by atoms with Crippen molar-refractivity contribution in [2.24, 2.45) is 0 Å². The molecule has 130 valence electrons. The second kappa shape index (κ2) is 13.3. The maximum atomic E-state index is 3.84. The lowest BCUT2D eigenvalue weighted by Gasteiger charge is -2.03. The Morgan fingerprint density at radius 2 is 1.43 bits per heavy atom. The molecular formula is C22H38N+. The third kappa shape index (κ3) is 10.3. The Balaban J connectivity index is 2.03. The van der Waals surface area contributed by atoms with E-state index >= 15 is 0 Å². The van der Waals surface area contributed by atoms with Crippen molar-refractivity contribution in [3.05, 3.63) is 42.2 Å². The van der Waals surface area contributed by atoms with Gasteiger partial charge < -0.3 is 0 Å². The van der Waals surface area contributed by atoms with Crippen LogP contribution in [0.4, 0.5) is 0 Å². The lowest BCUT2D eigenvalue weighted by Crippen LogP contribution is -2.34. The lowest BCUT2D eigenvalue weighted by atomic mass is 10.1. The molecule has 1 aromatic heterocycles. The average molecular weight is 317 g/mol. The van der Waals surface area contributed by atoms with Gasteiger partial charge in [-0.05, 0) is 25.8 Å². The molecule has 0 aliphatic heterocycles. The van der Waals surface area contributed by atoms with Crippen LogP contribution in [-0.4, -0.2) is 0 Å². The number of hydrogen-bond acceptors (Lipinski definition) is 0. The van der Waals surface area contributed by atoms with Crippen molar-refractivity contribution < 1.29 is 4.57 Å². The summed E-state index contributed by atoms with van der Waals surface area (Å²) in [6, 6.07) is 2.26. The maximum Gasteiger partial charge on any atom is 0.172 e. The Hall–Kier alpha value is -1.11. The van der Waals surface area contributed by atoms with E-state index in [2.05, 4.69) is 43.5 Å². The summed E-state index contributed by atoms with van der Waals surface area (Å²) in [5.74, 6) is 0. The first kappa shape index (κ1) is 19.9. The van der Waals surface area contributed by atoms with Crippen LogP contribution < -0.4 is 4.57 Å². The van der Waals surface area contributed by atoms with Gasteiger partial charge in [-0.3, -0.25) is 0 Å². The molecule has 0 aliphatic rings. The molecule has 0 atom stereocenters. The highest BCUT2D eigenvalue weighted by Crippen LogP contribution is 2.11. The van der Waals surface area contributed by atoms with Gasteiger partial charge in [-0.2, -0.15) is 0 Å². The monoisotopic (exact) mass is 316 g/mol. The van der Waals surface area contributed by atoms with E-state index in [0.29, 0.717) is 0 Å². The summed E-state index contributed by atoms with van der Waals surface area (Å²) in [7, 11) is 0. The molecule has 0 unspecified atom stereocenters. The maximum absolute atomic E-state index is 3.84. The minimum absolute atomic E-state index is 0.972. The average Bonchev–Trinajstić information content (AvgIpc) is 2.52. The van der Waals surface area contributed by atoms with Crippen LogP contribution in [0.2, 0.25) is 0 Å². The zero-order valence-corrected chi connectivity index (χ0v) is 15.7. The summed E-state index contributed by atoms with van der Waals surface area (Å²) in [5.41, 5.74) is 2.73. The van der Waals surface area contributed by atoms with Crippen molar-refractivity contribution >= 4 is 0 Å². The van der Waals surface area contributed by atoms with Crippen LogP contribution in [0, 0.1) is 6.92 Å². The van der Waals surface area contributed by atoms with Crippen molar-refractivity contribution in [3.8, 4) is 0 Å². The van der Waals surface area contributed by atoms with Crippen LogP contribution in [0.3, 0.4) is 0 Å². The Kier molecular flexibility index (Phi) is 11.6. The fraction of sp³-hybridized carbons (Fsp3) is 0.682. The van der Waals surface area contributed by atoms with Crippen LogP contribution in [-0.2, 0) is 13.0 Å². The van der Waals surface area contributed by atoms with Gasteiger partial charge in [-0.25, -0.2) is 4.57 Å². The molecule has 23 heavy (non-hydrogen) atoms. The fourth-order valence-electron chi connectivity index (χ4n) is 3.24. The summed E-state index contributed by atoms with van der Waals surface area (Å²) >= 11 is 0. The number of allylic oxidation sites excluding steroid dienone is 1. The number of nitrogens with zero attached hydrogens (tertiary/aromatic N) is 1. The molecule has 1 rings (SSSR count). The highest BCUT2D eigenvalue weighted by molar-refractivity contribution is 5.15. The van der Waals surface area contributed by atoms with E-state index in [4.69, 9.17) is 0 Å². The van der Waals surface area contributed by atoms with E-state index in [1.54, 1.807) is 0 Å². The first-order valence-electron chi connectivity index (χ1n) is 9.86. The number of unbranched alkanes of at least 4 members (excludes halogenated alkanes) is 10. The number of rotatable bonds is 14. The topological polar surface area (TPSA) is 3.88 Å². The van der Waals surface area contributed by atoms with E-state index < -0.39 is 0 Å². The summed E-state index contributed by atoms with van der Waals surface area (Å²) in [5, 5.41) is 0. The van der Waals surface area contributed by atoms with E-state index in [1.807, 2.05) is 6.08 Å². The minimum atomic E-state index is 0.972.